The molecule has 1 aliphatic heterocycles. The van der Waals surface area contributed by atoms with Gasteiger partial charge in [-0.15, -0.1) is 0 Å². The van der Waals surface area contributed by atoms with E-state index in [9.17, 15) is 20.1 Å². The van der Waals surface area contributed by atoms with Crippen molar-refractivity contribution in [1.29, 1.82) is 0 Å². The number of fused-ring (bicyclic) bond motifs is 2. The molecule has 0 unspecified atom stereocenters. The second-order valence-electron chi connectivity index (χ2n) is 3.99. The first kappa shape index (κ1) is 10.6. The molecule has 86 valence electrons. The molecule has 0 aromatic carbocycles. The maximum atomic E-state index is 11.1. The third-order valence-corrected chi connectivity index (χ3v) is 3.06. The number of carbonyl (C=O) groups is 1. The van der Waals surface area contributed by atoms with Gasteiger partial charge >= 0.3 is 6.09 Å². The van der Waals surface area contributed by atoms with Crippen LogP contribution in [0.15, 0.2) is 0 Å². The Hall–Kier alpha value is -0.890. The van der Waals surface area contributed by atoms with E-state index in [-0.39, 0.29) is 6.42 Å². The summed E-state index contributed by atoms with van der Waals surface area (Å²) >= 11 is 0. The Balaban J connectivity index is 2.32. The number of carbonyl (C=O) groups excluding carboxylic acids is 1. The predicted molar refractivity (Wildman–Crippen MR) is 45.9 cm³/mol. The standard InChI is InChI=1S/C8H13NO6/c10-2-8-1-3(9-7(14)15-8)4(11)5(12)6(8)13/h3-6,10-13H,1-2H2,(H,9,14)/t3-,4+,5+,6+,8+/m1/s1. The molecule has 15 heavy (non-hydrogen) atoms. The van der Waals surface area contributed by atoms with Crippen molar-refractivity contribution < 1.29 is 30.0 Å². The van der Waals surface area contributed by atoms with Gasteiger partial charge in [-0.1, -0.05) is 0 Å². The van der Waals surface area contributed by atoms with Crippen molar-refractivity contribution in [3.63, 3.8) is 0 Å². The van der Waals surface area contributed by atoms with E-state index in [1.807, 2.05) is 0 Å². The molecule has 2 aliphatic rings. The molecular weight excluding hydrogens is 206 g/mol. The molecule has 2 rings (SSSR count). The van der Waals surface area contributed by atoms with E-state index < -0.39 is 42.7 Å². The van der Waals surface area contributed by atoms with Gasteiger partial charge in [-0.3, -0.25) is 0 Å². The number of nitrogens with one attached hydrogen (secondary N) is 1. The van der Waals surface area contributed by atoms with E-state index in [1.54, 1.807) is 0 Å². The van der Waals surface area contributed by atoms with Crippen molar-refractivity contribution in [1.82, 2.24) is 5.32 Å². The molecule has 5 N–H and O–H groups in total. The van der Waals surface area contributed by atoms with Crippen LogP contribution in [0.3, 0.4) is 0 Å². The first-order valence-corrected chi connectivity index (χ1v) is 4.65. The van der Waals surface area contributed by atoms with Crippen LogP contribution in [-0.2, 0) is 4.74 Å². The van der Waals surface area contributed by atoms with Crippen LogP contribution in [0.5, 0.6) is 0 Å². The van der Waals surface area contributed by atoms with Crippen molar-refractivity contribution in [2.45, 2.75) is 36.4 Å². The fraction of sp³-hybridized carbons (Fsp3) is 0.875. The zero-order valence-corrected chi connectivity index (χ0v) is 7.83. The quantitative estimate of drug-likeness (QED) is 0.328. The van der Waals surface area contributed by atoms with Gasteiger partial charge in [-0.25, -0.2) is 4.79 Å². The van der Waals surface area contributed by atoms with Crippen LogP contribution in [0.1, 0.15) is 6.42 Å². The van der Waals surface area contributed by atoms with Gasteiger partial charge < -0.3 is 30.5 Å². The summed E-state index contributed by atoms with van der Waals surface area (Å²) in [5, 5.41) is 40.1. The highest BCUT2D eigenvalue weighted by atomic mass is 16.6. The average Bonchev–Trinajstić information content (AvgIpc) is 2.23. The number of aliphatic hydroxyl groups is 4. The van der Waals surface area contributed by atoms with Crippen LogP contribution >= 0.6 is 0 Å². The summed E-state index contributed by atoms with van der Waals surface area (Å²) in [6, 6.07) is -0.711. The Bertz CT molecular complexity index is 284. The average molecular weight is 219 g/mol. The molecule has 1 saturated heterocycles. The highest BCUT2D eigenvalue weighted by Crippen LogP contribution is 2.35. The number of rotatable bonds is 1. The van der Waals surface area contributed by atoms with Crippen molar-refractivity contribution in [3.05, 3.63) is 0 Å². The Morgan fingerprint density at radius 1 is 1.40 bits per heavy atom. The minimum Gasteiger partial charge on any atom is -0.438 e. The van der Waals surface area contributed by atoms with E-state index in [0.29, 0.717) is 0 Å². The SMILES string of the molecule is O=C1N[C@@H]2C[C@@](CO)(O1)[C@@H](O)[C@@H](O)[C@H]2O. The topological polar surface area (TPSA) is 119 Å². The van der Waals surface area contributed by atoms with Crippen LogP contribution < -0.4 is 5.32 Å². The lowest BCUT2D eigenvalue weighted by atomic mass is 9.75. The summed E-state index contributed by atoms with van der Waals surface area (Å²) < 4.78 is 4.80. The molecule has 1 aliphatic carbocycles. The van der Waals surface area contributed by atoms with Crippen LogP contribution in [0.4, 0.5) is 4.79 Å². The number of amides is 1. The van der Waals surface area contributed by atoms with Gasteiger partial charge in [0.1, 0.15) is 18.3 Å². The largest absolute Gasteiger partial charge is 0.438 e. The van der Waals surface area contributed by atoms with Gasteiger partial charge in [0, 0.05) is 6.42 Å². The number of aliphatic hydroxyl groups excluding tert-OH is 4. The molecule has 0 aromatic heterocycles. The molecular formula is C8H13NO6. The molecule has 1 saturated carbocycles. The maximum Gasteiger partial charge on any atom is 0.408 e. The van der Waals surface area contributed by atoms with E-state index >= 15 is 0 Å². The Kier molecular flexibility index (Phi) is 2.34. The zero-order chi connectivity index (χ0) is 11.2. The van der Waals surface area contributed by atoms with E-state index in [1.165, 1.54) is 0 Å². The summed E-state index contributed by atoms with van der Waals surface area (Å²) in [6.45, 7) is -0.595. The number of hydrogen-bond donors (Lipinski definition) is 5. The van der Waals surface area contributed by atoms with Crippen LogP contribution in [0.2, 0.25) is 0 Å². The molecule has 2 bridgehead atoms. The first-order valence-electron chi connectivity index (χ1n) is 4.65. The minimum absolute atomic E-state index is 0.0641. The molecule has 0 spiro atoms. The molecule has 5 atom stereocenters. The number of hydrogen-bond acceptors (Lipinski definition) is 6. The lowest BCUT2D eigenvalue weighted by Crippen LogP contribution is -2.72. The van der Waals surface area contributed by atoms with Gasteiger partial charge in [0.15, 0.2) is 5.60 Å². The van der Waals surface area contributed by atoms with E-state index in [0.717, 1.165) is 0 Å². The molecule has 1 amide bonds. The smallest absolute Gasteiger partial charge is 0.408 e. The van der Waals surface area contributed by atoms with Gasteiger partial charge in [0.05, 0.1) is 12.6 Å². The van der Waals surface area contributed by atoms with Crippen LogP contribution in [0.25, 0.3) is 0 Å². The second kappa shape index (κ2) is 3.31. The predicted octanol–water partition coefficient (Wildman–Crippen LogP) is -2.69. The van der Waals surface area contributed by atoms with Crippen molar-refractivity contribution >= 4 is 6.09 Å². The summed E-state index contributed by atoms with van der Waals surface area (Å²) in [5.41, 5.74) is -1.51. The summed E-state index contributed by atoms with van der Waals surface area (Å²) in [5.74, 6) is 0. The fourth-order valence-electron chi connectivity index (χ4n) is 2.14. The number of alkyl carbamates (subject to hydrolysis) is 1. The minimum atomic E-state index is -1.51. The molecule has 1 heterocycles. The molecule has 7 nitrogen and oxygen atoms in total. The van der Waals surface area contributed by atoms with Gasteiger partial charge in [0.2, 0.25) is 0 Å². The van der Waals surface area contributed by atoms with Crippen molar-refractivity contribution in [2.24, 2.45) is 0 Å². The lowest BCUT2D eigenvalue weighted by Gasteiger charge is -2.50. The summed E-state index contributed by atoms with van der Waals surface area (Å²) in [4.78, 5) is 11.1. The summed E-state index contributed by atoms with van der Waals surface area (Å²) in [7, 11) is 0. The third-order valence-electron chi connectivity index (χ3n) is 3.06. The monoisotopic (exact) mass is 219 g/mol. The highest BCUT2D eigenvalue weighted by molar-refractivity contribution is 5.69. The lowest BCUT2D eigenvalue weighted by molar-refractivity contribution is -0.219. The van der Waals surface area contributed by atoms with Gasteiger partial charge in [0.25, 0.3) is 0 Å². The van der Waals surface area contributed by atoms with Crippen molar-refractivity contribution in [2.75, 3.05) is 6.61 Å². The van der Waals surface area contributed by atoms with E-state index in [4.69, 9.17) is 9.84 Å². The number of ether oxygens (including phenoxy) is 1. The highest BCUT2D eigenvalue weighted by Gasteiger charge is 2.57. The maximum absolute atomic E-state index is 11.1. The van der Waals surface area contributed by atoms with E-state index in [2.05, 4.69) is 5.32 Å². The normalized spacial score (nSPS) is 49.5. The van der Waals surface area contributed by atoms with Gasteiger partial charge in [-0.05, 0) is 0 Å². The Morgan fingerprint density at radius 2 is 2.07 bits per heavy atom. The zero-order valence-electron chi connectivity index (χ0n) is 7.83. The Labute approximate surface area is 85.3 Å². The molecule has 0 radical (unpaired) electrons. The first-order chi connectivity index (χ1) is 7.00. The van der Waals surface area contributed by atoms with Crippen LogP contribution in [0, 0.1) is 0 Å². The summed E-state index contributed by atoms with van der Waals surface area (Å²) in [6.07, 6.45) is -4.94. The van der Waals surface area contributed by atoms with Gasteiger partial charge in [-0.2, -0.15) is 0 Å². The van der Waals surface area contributed by atoms with Crippen molar-refractivity contribution in [3.8, 4) is 0 Å². The molecule has 0 aromatic rings. The third kappa shape index (κ3) is 1.39. The molecule has 7 heteroatoms. The fourth-order valence-corrected chi connectivity index (χ4v) is 2.14. The molecule has 2 fully saturated rings. The van der Waals surface area contributed by atoms with Crippen LogP contribution in [-0.4, -0.2) is 63.1 Å². The Morgan fingerprint density at radius 3 is 2.67 bits per heavy atom. The second-order valence-corrected chi connectivity index (χ2v) is 3.99.